The fraction of sp³-hybridized carbons (Fsp3) is 0.438. The predicted molar refractivity (Wildman–Crippen MR) is 153 cm³/mol. The predicted octanol–water partition coefficient (Wildman–Crippen LogP) is 5.18. The Morgan fingerprint density at radius 3 is 2.65 bits per heavy atom. The number of halogens is 1. The van der Waals surface area contributed by atoms with E-state index in [4.69, 9.17) is 23.7 Å². The molecule has 1 saturated heterocycles. The molecule has 0 aliphatic carbocycles. The van der Waals surface area contributed by atoms with E-state index in [2.05, 4.69) is 40.5 Å². The van der Waals surface area contributed by atoms with Crippen molar-refractivity contribution in [1.82, 2.24) is 5.32 Å². The van der Waals surface area contributed by atoms with E-state index < -0.39 is 0 Å². The normalized spacial score (nSPS) is 18.6. The lowest BCUT2D eigenvalue weighted by atomic mass is 9.87. The molecule has 40 heavy (non-hydrogen) atoms. The number of ether oxygens (including phenoxy) is 5. The molecular weight excluding hydrogens is 511 g/mol. The molecule has 7 nitrogen and oxygen atoms in total. The Hall–Kier alpha value is -3.33. The average molecular weight is 551 g/mol. The average Bonchev–Trinajstić information content (AvgIpc) is 2.99. The molecule has 0 spiro atoms. The van der Waals surface area contributed by atoms with Gasteiger partial charge in [0, 0.05) is 38.8 Å². The number of hydrogen-bond acceptors (Lipinski definition) is 7. The third kappa shape index (κ3) is 7.65. The van der Waals surface area contributed by atoms with Crippen LogP contribution in [0.25, 0.3) is 0 Å². The van der Waals surface area contributed by atoms with Gasteiger partial charge in [-0.3, -0.25) is 0 Å². The van der Waals surface area contributed by atoms with Crippen molar-refractivity contribution in [2.45, 2.75) is 31.5 Å². The minimum Gasteiger partial charge on any atom is -0.490 e. The second-order valence-electron chi connectivity index (χ2n) is 10.2. The third-order valence-electron chi connectivity index (χ3n) is 7.37. The highest BCUT2D eigenvalue weighted by Crippen LogP contribution is 2.34. The maximum atomic E-state index is 13.3. The Bertz CT molecular complexity index is 1210. The number of nitrogens with zero attached hydrogens (tertiary/aromatic N) is 1. The van der Waals surface area contributed by atoms with Crippen molar-refractivity contribution >= 4 is 5.69 Å². The molecule has 0 bridgehead atoms. The van der Waals surface area contributed by atoms with Gasteiger partial charge in [-0.1, -0.05) is 24.3 Å². The molecule has 1 N–H and O–H groups in total. The molecule has 2 heterocycles. The Balaban J connectivity index is 1.14. The first-order valence-electron chi connectivity index (χ1n) is 14.1. The molecule has 0 radical (unpaired) electrons. The number of fused-ring (bicyclic) bond motifs is 1. The summed E-state index contributed by atoms with van der Waals surface area (Å²) in [6.45, 7) is 6.35. The number of nitrogens with one attached hydrogen (secondary N) is 1. The zero-order valence-corrected chi connectivity index (χ0v) is 23.2. The number of rotatable bonds is 13. The van der Waals surface area contributed by atoms with Crippen molar-refractivity contribution in [3.05, 3.63) is 83.7 Å². The fourth-order valence-corrected chi connectivity index (χ4v) is 5.32. The Morgan fingerprint density at radius 2 is 1.82 bits per heavy atom. The third-order valence-corrected chi connectivity index (χ3v) is 7.37. The molecule has 0 saturated carbocycles. The lowest BCUT2D eigenvalue weighted by Crippen LogP contribution is -2.41. The van der Waals surface area contributed by atoms with Crippen LogP contribution in [-0.2, 0) is 16.1 Å². The van der Waals surface area contributed by atoms with E-state index in [0.717, 1.165) is 68.4 Å². The molecular formula is C32H39FN2O5. The summed E-state index contributed by atoms with van der Waals surface area (Å²) in [5.74, 6) is 2.21. The molecule has 0 amide bonds. The Labute approximate surface area is 236 Å². The van der Waals surface area contributed by atoms with Gasteiger partial charge in [0.05, 0.1) is 24.9 Å². The molecule has 0 aromatic heterocycles. The van der Waals surface area contributed by atoms with Crippen LogP contribution in [-0.4, -0.2) is 65.8 Å². The van der Waals surface area contributed by atoms with Gasteiger partial charge < -0.3 is 33.9 Å². The van der Waals surface area contributed by atoms with Gasteiger partial charge >= 0.3 is 0 Å². The Morgan fingerprint density at radius 1 is 0.975 bits per heavy atom. The minimum atomic E-state index is -0.313. The van der Waals surface area contributed by atoms with Crippen LogP contribution in [0.15, 0.2) is 66.7 Å². The fourth-order valence-electron chi connectivity index (χ4n) is 5.32. The summed E-state index contributed by atoms with van der Waals surface area (Å²) in [7, 11) is 1.74. The number of methoxy groups -OCH3 is 1. The van der Waals surface area contributed by atoms with Crippen molar-refractivity contribution in [3.8, 4) is 17.2 Å². The van der Waals surface area contributed by atoms with Crippen LogP contribution in [0.1, 0.15) is 29.9 Å². The van der Waals surface area contributed by atoms with Crippen molar-refractivity contribution in [2.75, 3.05) is 64.6 Å². The SMILES string of the molecule is COCCCN1CCOc2ccc(COC3CNCCC3c3ccc(OCCOc4cccc(F)c4)cc3)cc21. The molecule has 8 heteroatoms. The molecule has 2 aliphatic rings. The lowest BCUT2D eigenvalue weighted by molar-refractivity contribution is 0.0106. The van der Waals surface area contributed by atoms with Crippen LogP contribution in [0.5, 0.6) is 17.2 Å². The van der Waals surface area contributed by atoms with Crippen molar-refractivity contribution < 1.29 is 28.1 Å². The summed E-state index contributed by atoms with van der Waals surface area (Å²) >= 11 is 0. The molecule has 2 atom stereocenters. The zero-order valence-electron chi connectivity index (χ0n) is 23.2. The van der Waals surface area contributed by atoms with Crippen molar-refractivity contribution in [3.63, 3.8) is 0 Å². The van der Waals surface area contributed by atoms with E-state index in [-0.39, 0.29) is 11.9 Å². The number of anilines is 1. The standard InChI is InChI=1S/C32H39FN2O5/c1-36-16-3-14-35-15-17-39-31-11-6-24(20-30(31)35)23-40-32-22-34-13-12-29(32)25-7-9-27(10-8-25)37-18-19-38-28-5-2-4-26(33)21-28/h2,4-11,20-21,29,32,34H,3,12-19,22-23H2,1H3. The number of benzene rings is 3. The highest BCUT2D eigenvalue weighted by atomic mass is 19.1. The van der Waals surface area contributed by atoms with Crippen LogP contribution >= 0.6 is 0 Å². The molecule has 1 fully saturated rings. The number of piperidine rings is 1. The van der Waals surface area contributed by atoms with Gasteiger partial charge in [-0.2, -0.15) is 0 Å². The first kappa shape index (κ1) is 28.2. The molecule has 214 valence electrons. The summed E-state index contributed by atoms with van der Waals surface area (Å²) < 4.78 is 42.3. The van der Waals surface area contributed by atoms with Gasteiger partial charge in [0.1, 0.15) is 42.9 Å². The van der Waals surface area contributed by atoms with Crippen LogP contribution in [0.4, 0.5) is 10.1 Å². The minimum absolute atomic E-state index is 0.0743. The van der Waals surface area contributed by atoms with E-state index in [9.17, 15) is 4.39 Å². The van der Waals surface area contributed by atoms with Gasteiger partial charge in [0.15, 0.2) is 0 Å². The van der Waals surface area contributed by atoms with Crippen LogP contribution in [0, 0.1) is 5.82 Å². The highest BCUT2D eigenvalue weighted by molar-refractivity contribution is 5.61. The largest absolute Gasteiger partial charge is 0.490 e. The zero-order chi connectivity index (χ0) is 27.6. The first-order chi connectivity index (χ1) is 19.7. The summed E-state index contributed by atoms with van der Waals surface area (Å²) in [5, 5.41) is 3.49. The number of hydrogen-bond donors (Lipinski definition) is 1. The van der Waals surface area contributed by atoms with Crippen LogP contribution in [0.2, 0.25) is 0 Å². The van der Waals surface area contributed by atoms with Gasteiger partial charge in [-0.05, 0) is 66.9 Å². The lowest BCUT2D eigenvalue weighted by Gasteiger charge is -2.33. The topological polar surface area (TPSA) is 61.4 Å². The molecule has 2 aliphatic heterocycles. The summed E-state index contributed by atoms with van der Waals surface area (Å²) in [6.07, 6.45) is 2.07. The van der Waals surface area contributed by atoms with Crippen LogP contribution in [0.3, 0.4) is 0 Å². The molecule has 3 aromatic carbocycles. The highest BCUT2D eigenvalue weighted by Gasteiger charge is 2.27. The summed E-state index contributed by atoms with van der Waals surface area (Å²) in [5.41, 5.74) is 3.53. The quantitative estimate of drug-likeness (QED) is 0.294. The Kier molecular flexibility index (Phi) is 10.1. The van der Waals surface area contributed by atoms with Crippen molar-refractivity contribution in [1.29, 1.82) is 0 Å². The smallest absolute Gasteiger partial charge is 0.142 e. The van der Waals surface area contributed by atoms with E-state index in [0.29, 0.717) is 38.1 Å². The molecule has 2 unspecified atom stereocenters. The molecule has 3 aromatic rings. The van der Waals surface area contributed by atoms with Crippen molar-refractivity contribution in [2.24, 2.45) is 0 Å². The van der Waals surface area contributed by atoms with E-state index in [1.165, 1.54) is 17.7 Å². The van der Waals surface area contributed by atoms with Crippen LogP contribution < -0.4 is 24.4 Å². The monoisotopic (exact) mass is 550 g/mol. The second-order valence-corrected chi connectivity index (χ2v) is 10.2. The van der Waals surface area contributed by atoms with E-state index in [1.807, 2.05) is 12.1 Å². The van der Waals surface area contributed by atoms with E-state index in [1.54, 1.807) is 19.2 Å². The van der Waals surface area contributed by atoms with Gasteiger partial charge in [-0.25, -0.2) is 4.39 Å². The summed E-state index contributed by atoms with van der Waals surface area (Å²) in [4.78, 5) is 2.38. The first-order valence-corrected chi connectivity index (χ1v) is 14.1. The summed E-state index contributed by atoms with van der Waals surface area (Å²) in [6, 6.07) is 20.7. The van der Waals surface area contributed by atoms with Gasteiger partial charge in [0.2, 0.25) is 0 Å². The molecule has 5 rings (SSSR count). The van der Waals surface area contributed by atoms with E-state index >= 15 is 0 Å². The second kappa shape index (κ2) is 14.3. The maximum Gasteiger partial charge on any atom is 0.142 e. The maximum absolute atomic E-state index is 13.3. The van der Waals surface area contributed by atoms with Gasteiger partial charge in [-0.15, -0.1) is 0 Å². The van der Waals surface area contributed by atoms with Gasteiger partial charge in [0.25, 0.3) is 0 Å².